The second kappa shape index (κ2) is 7.13. The zero-order valence-corrected chi connectivity index (χ0v) is 12.9. The van der Waals surface area contributed by atoms with Crippen LogP contribution in [0.25, 0.3) is 0 Å². The van der Waals surface area contributed by atoms with Crippen molar-refractivity contribution in [2.24, 2.45) is 0 Å². The number of nitro groups is 1. The van der Waals surface area contributed by atoms with Gasteiger partial charge < -0.3 is 5.32 Å². The lowest BCUT2D eigenvalue weighted by Crippen LogP contribution is -2.03. The number of rotatable bonds is 6. The van der Waals surface area contributed by atoms with Crippen LogP contribution in [0, 0.1) is 17.0 Å². The van der Waals surface area contributed by atoms with E-state index in [0.717, 1.165) is 17.9 Å². The SMILES string of the molecule is CCCNc1cccc(Sc2ccc(C)cc2)c1[N+](=O)[O-]. The highest BCUT2D eigenvalue weighted by atomic mass is 32.2. The van der Waals surface area contributed by atoms with Crippen LogP contribution in [0.5, 0.6) is 0 Å². The fraction of sp³-hybridized carbons (Fsp3) is 0.250. The van der Waals surface area contributed by atoms with Gasteiger partial charge in [0.25, 0.3) is 0 Å². The van der Waals surface area contributed by atoms with Crippen LogP contribution in [0.3, 0.4) is 0 Å². The van der Waals surface area contributed by atoms with Gasteiger partial charge in [-0.1, -0.05) is 42.4 Å². The highest BCUT2D eigenvalue weighted by Crippen LogP contribution is 2.39. The zero-order valence-electron chi connectivity index (χ0n) is 12.1. The van der Waals surface area contributed by atoms with E-state index in [1.165, 1.54) is 17.3 Å². The molecule has 2 aromatic rings. The molecule has 0 bridgehead atoms. The summed E-state index contributed by atoms with van der Waals surface area (Å²) in [4.78, 5) is 12.7. The van der Waals surface area contributed by atoms with Crippen molar-refractivity contribution in [3.05, 3.63) is 58.1 Å². The Bertz CT molecular complexity index is 627. The number of anilines is 1. The quantitative estimate of drug-likeness (QED) is 0.610. The van der Waals surface area contributed by atoms with Gasteiger partial charge in [0, 0.05) is 11.4 Å². The van der Waals surface area contributed by atoms with Gasteiger partial charge in [0.2, 0.25) is 0 Å². The molecule has 0 aliphatic carbocycles. The van der Waals surface area contributed by atoms with Crippen LogP contribution < -0.4 is 5.32 Å². The molecule has 0 radical (unpaired) electrons. The maximum absolute atomic E-state index is 11.4. The second-order valence-electron chi connectivity index (χ2n) is 4.75. The van der Waals surface area contributed by atoms with Crippen molar-refractivity contribution < 1.29 is 4.92 Å². The fourth-order valence-electron chi connectivity index (χ4n) is 1.93. The number of nitrogens with one attached hydrogen (secondary N) is 1. The molecule has 0 unspecified atom stereocenters. The van der Waals surface area contributed by atoms with Crippen molar-refractivity contribution in [3.8, 4) is 0 Å². The van der Waals surface area contributed by atoms with Crippen LogP contribution in [0.2, 0.25) is 0 Å². The van der Waals surface area contributed by atoms with Gasteiger partial charge >= 0.3 is 5.69 Å². The van der Waals surface area contributed by atoms with Crippen molar-refractivity contribution >= 4 is 23.1 Å². The van der Waals surface area contributed by atoms with Crippen LogP contribution in [-0.4, -0.2) is 11.5 Å². The predicted molar refractivity (Wildman–Crippen MR) is 87.2 cm³/mol. The van der Waals surface area contributed by atoms with E-state index in [0.29, 0.717) is 10.6 Å². The third-order valence-electron chi connectivity index (χ3n) is 3.00. The number of hydrogen-bond acceptors (Lipinski definition) is 4. The average molecular weight is 302 g/mol. The van der Waals surface area contributed by atoms with E-state index in [-0.39, 0.29) is 10.6 Å². The second-order valence-corrected chi connectivity index (χ2v) is 5.87. The minimum atomic E-state index is -0.311. The molecule has 0 heterocycles. The molecule has 0 spiro atoms. The Morgan fingerprint density at radius 2 is 1.90 bits per heavy atom. The topological polar surface area (TPSA) is 55.2 Å². The third kappa shape index (κ3) is 3.98. The first-order valence-electron chi connectivity index (χ1n) is 6.87. The van der Waals surface area contributed by atoms with E-state index >= 15 is 0 Å². The number of para-hydroxylation sites is 1. The third-order valence-corrected chi connectivity index (χ3v) is 4.05. The minimum absolute atomic E-state index is 0.150. The van der Waals surface area contributed by atoms with Gasteiger partial charge in [0.1, 0.15) is 5.69 Å². The van der Waals surface area contributed by atoms with Crippen LogP contribution in [0.15, 0.2) is 52.3 Å². The summed E-state index contributed by atoms with van der Waals surface area (Å²) in [6.45, 7) is 4.77. The summed E-state index contributed by atoms with van der Waals surface area (Å²) in [5, 5.41) is 14.5. The van der Waals surface area contributed by atoms with Gasteiger partial charge in [-0.05, 0) is 37.6 Å². The molecule has 0 fully saturated rings. The molecule has 1 N–H and O–H groups in total. The van der Waals surface area contributed by atoms with E-state index in [9.17, 15) is 10.1 Å². The Morgan fingerprint density at radius 3 is 2.52 bits per heavy atom. The molecule has 0 amide bonds. The predicted octanol–water partition coefficient (Wildman–Crippen LogP) is 4.88. The van der Waals surface area contributed by atoms with E-state index in [2.05, 4.69) is 5.32 Å². The Balaban J connectivity index is 2.33. The molecular formula is C16H18N2O2S. The lowest BCUT2D eigenvalue weighted by Gasteiger charge is -2.09. The molecule has 0 aliphatic heterocycles. The van der Waals surface area contributed by atoms with Gasteiger partial charge in [-0.3, -0.25) is 10.1 Å². The van der Waals surface area contributed by atoms with Crippen molar-refractivity contribution in [2.45, 2.75) is 30.1 Å². The van der Waals surface area contributed by atoms with Gasteiger partial charge in [-0.15, -0.1) is 0 Å². The zero-order chi connectivity index (χ0) is 15.2. The lowest BCUT2D eigenvalue weighted by atomic mass is 10.2. The maximum atomic E-state index is 11.4. The van der Waals surface area contributed by atoms with Crippen LogP contribution in [0.1, 0.15) is 18.9 Å². The summed E-state index contributed by atoms with van der Waals surface area (Å²) < 4.78 is 0. The lowest BCUT2D eigenvalue weighted by molar-refractivity contribution is -0.386. The summed E-state index contributed by atoms with van der Waals surface area (Å²) in [7, 11) is 0. The molecule has 0 aliphatic rings. The van der Waals surface area contributed by atoms with Crippen LogP contribution in [-0.2, 0) is 0 Å². The molecule has 4 nitrogen and oxygen atoms in total. The van der Waals surface area contributed by atoms with E-state index in [1.807, 2.05) is 44.2 Å². The highest BCUT2D eigenvalue weighted by Gasteiger charge is 2.20. The van der Waals surface area contributed by atoms with Gasteiger partial charge in [0.05, 0.1) is 9.82 Å². The molecule has 0 saturated heterocycles. The summed E-state index contributed by atoms with van der Waals surface area (Å²) in [6.07, 6.45) is 0.923. The standard InChI is InChI=1S/C16H18N2O2S/c1-3-11-17-14-5-4-6-15(16(14)18(19)20)21-13-9-7-12(2)8-10-13/h4-10,17H,3,11H2,1-2H3. The van der Waals surface area contributed by atoms with Crippen LogP contribution >= 0.6 is 11.8 Å². The molecular weight excluding hydrogens is 284 g/mol. The molecule has 2 aromatic carbocycles. The Morgan fingerprint density at radius 1 is 1.19 bits per heavy atom. The minimum Gasteiger partial charge on any atom is -0.379 e. The highest BCUT2D eigenvalue weighted by molar-refractivity contribution is 7.99. The molecule has 21 heavy (non-hydrogen) atoms. The number of benzene rings is 2. The molecule has 5 heteroatoms. The molecule has 2 rings (SSSR count). The fourth-order valence-corrected chi connectivity index (χ4v) is 2.88. The average Bonchev–Trinajstić information content (AvgIpc) is 2.47. The normalized spacial score (nSPS) is 10.4. The van der Waals surface area contributed by atoms with E-state index < -0.39 is 0 Å². The Kier molecular flexibility index (Phi) is 5.22. The number of nitrogens with zero attached hydrogens (tertiary/aromatic N) is 1. The van der Waals surface area contributed by atoms with Gasteiger partial charge in [-0.2, -0.15) is 0 Å². The first-order chi connectivity index (χ1) is 10.1. The summed E-state index contributed by atoms with van der Waals surface area (Å²) in [5.41, 5.74) is 1.91. The summed E-state index contributed by atoms with van der Waals surface area (Å²) in [6, 6.07) is 13.4. The number of hydrogen-bond donors (Lipinski definition) is 1. The summed E-state index contributed by atoms with van der Waals surface area (Å²) in [5.74, 6) is 0. The Hall–Kier alpha value is -2.01. The van der Waals surface area contributed by atoms with Crippen molar-refractivity contribution in [3.63, 3.8) is 0 Å². The first-order valence-corrected chi connectivity index (χ1v) is 7.69. The maximum Gasteiger partial charge on any atom is 0.306 e. The van der Waals surface area contributed by atoms with E-state index in [4.69, 9.17) is 0 Å². The van der Waals surface area contributed by atoms with Gasteiger partial charge in [0.15, 0.2) is 0 Å². The molecule has 0 atom stereocenters. The Labute approximate surface area is 128 Å². The number of nitro benzene ring substituents is 1. The van der Waals surface area contributed by atoms with Crippen LogP contribution in [0.4, 0.5) is 11.4 Å². The van der Waals surface area contributed by atoms with Crippen molar-refractivity contribution in [1.29, 1.82) is 0 Å². The monoisotopic (exact) mass is 302 g/mol. The van der Waals surface area contributed by atoms with Crippen molar-refractivity contribution in [2.75, 3.05) is 11.9 Å². The number of aryl methyl sites for hydroxylation is 1. The van der Waals surface area contributed by atoms with Gasteiger partial charge in [-0.25, -0.2) is 0 Å². The first kappa shape index (κ1) is 15.4. The molecule has 110 valence electrons. The molecule has 0 saturated carbocycles. The van der Waals surface area contributed by atoms with E-state index in [1.54, 1.807) is 12.1 Å². The van der Waals surface area contributed by atoms with Crippen molar-refractivity contribution in [1.82, 2.24) is 0 Å². The summed E-state index contributed by atoms with van der Waals surface area (Å²) >= 11 is 1.42. The molecule has 0 aromatic heterocycles. The smallest absolute Gasteiger partial charge is 0.306 e. The largest absolute Gasteiger partial charge is 0.379 e.